The number of rotatable bonds is 6. The Balaban J connectivity index is 2.82. The molecule has 0 aliphatic rings. The van der Waals surface area contributed by atoms with Crippen molar-refractivity contribution in [1.29, 1.82) is 0 Å². The molecule has 1 heterocycles. The highest BCUT2D eigenvalue weighted by atomic mass is 32.2. The molecule has 0 bridgehead atoms. The summed E-state index contributed by atoms with van der Waals surface area (Å²) < 4.78 is 28.3. The van der Waals surface area contributed by atoms with Crippen molar-refractivity contribution in [3.05, 3.63) is 23.2 Å². The topological polar surface area (TPSA) is 84.6 Å². The third-order valence-electron chi connectivity index (χ3n) is 2.33. The predicted molar refractivity (Wildman–Crippen MR) is 62.8 cm³/mol. The monoisotopic (exact) mass is 260 g/mol. The zero-order chi connectivity index (χ0) is 13.1. The quantitative estimate of drug-likeness (QED) is 0.845. The second-order valence-electron chi connectivity index (χ2n) is 3.98. The van der Waals surface area contributed by atoms with Gasteiger partial charge in [-0.15, -0.1) is 0 Å². The van der Waals surface area contributed by atoms with Crippen LogP contribution in [0.1, 0.15) is 41.6 Å². The lowest BCUT2D eigenvalue weighted by molar-refractivity contribution is 0.0659. The van der Waals surface area contributed by atoms with E-state index in [1.165, 1.54) is 6.07 Å². The van der Waals surface area contributed by atoms with Crippen LogP contribution in [0, 0.1) is 6.92 Å². The summed E-state index contributed by atoms with van der Waals surface area (Å²) in [7, 11) is -3.21. The average molecular weight is 260 g/mol. The zero-order valence-electron chi connectivity index (χ0n) is 9.89. The first kappa shape index (κ1) is 13.8. The van der Waals surface area contributed by atoms with Crippen LogP contribution in [0.2, 0.25) is 0 Å². The van der Waals surface area contributed by atoms with Gasteiger partial charge in [-0.3, -0.25) is 0 Å². The van der Waals surface area contributed by atoms with Gasteiger partial charge in [0.05, 0.1) is 5.75 Å². The Morgan fingerprint density at radius 1 is 1.47 bits per heavy atom. The molecule has 0 spiro atoms. The summed E-state index contributed by atoms with van der Waals surface area (Å²) in [5, 5.41) is 8.78. The first-order valence-corrected chi connectivity index (χ1v) is 7.21. The minimum absolute atomic E-state index is 0.103. The molecule has 0 radical (unpaired) electrons. The standard InChI is InChI=1S/C11H16O5S/c1-3-4-5-17(14,15)7-9-6-8(2)10(16-9)11(12)13/h6H,3-5,7H2,1-2H3,(H,12,13). The molecule has 0 amide bonds. The number of carboxylic acid groups (broad SMARTS) is 1. The van der Waals surface area contributed by atoms with Gasteiger partial charge in [0.25, 0.3) is 0 Å². The molecule has 0 aliphatic heterocycles. The van der Waals surface area contributed by atoms with Gasteiger partial charge in [-0.1, -0.05) is 13.3 Å². The molecular formula is C11H16O5S. The van der Waals surface area contributed by atoms with E-state index < -0.39 is 15.8 Å². The number of unbranched alkanes of at least 4 members (excludes halogenated alkanes) is 1. The van der Waals surface area contributed by atoms with E-state index in [0.717, 1.165) is 6.42 Å². The number of sulfone groups is 1. The van der Waals surface area contributed by atoms with Gasteiger partial charge in [-0.25, -0.2) is 13.2 Å². The summed E-state index contributed by atoms with van der Waals surface area (Å²) >= 11 is 0. The first-order chi connectivity index (χ1) is 7.85. The van der Waals surface area contributed by atoms with Crippen molar-refractivity contribution in [2.24, 2.45) is 0 Å². The maximum atomic E-state index is 11.6. The third-order valence-corrected chi connectivity index (χ3v) is 3.97. The molecule has 0 saturated heterocycles. The lowest BCUT2D eigenvalue weighted by atomic mass is 10.3. The molecule has 0 unspecified atom stereocenters. The van der Waals surface area contributed by atoms with E-state index in [-0.39, 0.29) is 23.0 Å². The van der Waals surface area contributed by atoms with Crippen LogP contribution in [0.5, 0.6) is 0 Å². The third kappa shape index (κ3) is 3.89. The lowest BCUT2D eigenvalue weighted by Crippen LogP contribution is -2.08. The highest BCUT2D eigenvalue weighted by molar-refractivity contribution is 7.90. The number of carboxylic acids is 1. The van der Waals surface area contributed by atoms with Crippen molar-refractivity contribution in [1.82, 2.24) is 0 Å². The van der Waals surface area contributed by atoms with Crippen molar-refractivity contribution in [3.8, 4) is 0 Å². The molecule has 0 fully saturated rings. The fourth-order valence-corrected chi connectivity index (χ4v) is 2.93. The van der Waals surface area contributed by atoms with Gasteiger partial charge in [-0.2, -0.15) is 0 Å². The molecule has 0 aliphatic carbocycles. The number of hydrogen-bond acceptors (Lipinski definition) is 4. The van der Waals surface area contributed by atoms with Crippen molar-refractivity contribution in [3.63, 3.8) is 0 Å². The van der Waals surface area contributed by atoms with E-state index in [0.29, 0.717) is 12.0 Å². The fourth-order valence-electron chi connectivity index (χ4n) is 1.48. The number of hydrogen-bond donors (Lipinski definition) is 1. The van der Waals surface area contributed by atoms with E-state index in [1.54, 1.807) is 6.92 Å². The summed E-state index contributed by atoms with van der Waals surface area (Å²) in [5.74, 6) is -1.31. The predicted octanol–water partition coefficient (Wildman–Crippen LogP) is 2.00. The van der Waals surface area contributed by atoms with Crippen molar-refractivity contribution in [2.45, 2.75) is 32.4 Å². The fraction of sp³-hybridized carbons (Fsp3) is 0.545. The van der Waals surface area contributed by atoms with Crippen LogP contribution in [-0.4, -0.2) is 25.2 Å². The molecule has 96 valence electrons. The number of aryl methyl sites for hydroxylation is 1. The molecule has 0 saturated carbocycles. The lowest BCUT2D eigenvalue weighted by Gasteiger charge is -2.00. The maximum absolute atomic E-state index is 11.6. The number of carbonyl (C=O) groups is 1. The smallest absolute Gasteiger partial charge is 0.372 e. The van der Waals surface area contributed by atoms with Gasteiger partial charge in [0.2, 0.25) is 5.76 Å². The van der Waals surface area contributed by atoms with Crippen LogP contribution in [0.4, 0.5) is 0 Å². The average Bonchev–Trinajstić information content (AvgIpc) is 2.55. The van der Waals surface area contributed by atoms with Crippen molar-refractivity contribution >= 4 is 15.8 Å². The highest BCUT2D eigenvalue weighted by Crippen LogP contribution is 2.17. The Kier molecular flexibility index (Phi) is 4.34. The second kappa shape index (κ2) is 5.35. The molecule has 1 aromatic heterocycles. The summed E-state index contributed by atoms with van der Waals surface area (Å²) in [6.45, 7) is 3.49. The molecule has 1 rings (SSSR count). The molecule has 17 heavy (non-hydrogen) atoms. The van der Waals surface area contributed by atoms with E-state index in [4.69, 9.17) is 9.52 Å². The first-order valence-electron chi connectivity index (χ1n) is 5.38. The van der Waals surface area contributed by atoms with Crippen LogP contribution in [0.15, 0.2) is 10.5 Å². The Morgan fingerprint density at radius 3 is 2.59 bits per heavy atom. The molecule has 1 N–H and O–H groups in total. The van der Waals surface area contributed by atoms with Crippen LogP contribution in [0.3, 0.4) is 0 Å². The number of aromatic carboxylic acids is 1. The molecule has 5 nitrogen and oxygen atoms in total. The van der Waals surface area contributed by atoms with Gasteiger partial charge in [0, 0.05) is 5.56 Å². The van der Waals surface area contributed by atoms with Crippen LogP contribution < -0.4 is 0 Å². The summed E-state index contributed by atoms with van der Waals surface area (Å²) in [4.78, 5) is 10.7. The molecule has 0 aromatic carbocycles. The van der Waals surface area contributed by atoms with E-state index in [9.17, 15) is 13.2 Å². The van der Waals surface area contributed by atoms with Gasteiger partial charge in [0.1, 0.15) is 11.5 Å². The van der Waals surface area contributed by atoms with Gasteiger partial charge in [-0.05, 0) is 19.4 Å². The van der Waals surface area contributed by atoms with E-state index >= 15 is 0 Å². The SMILES string of the molecule is CCCCS(=O)(=O)Cc1cc(C)c(C(=O)O)o1. The molecular weight excluding hydrogens is 244 g/mol. The minimum Gasteiger partial charge on any atom is -0.475 e. The Bertz CT molecular complexity index is 498. The molecule has 0 atom stereocenters. The summed E-state index contributed by atoms with van der Waals surface area (Å²) in [6, 6.07) is 1.47. The van der Waals surface area contributed by atoms with Crippen LogP contribution >= 0.6 is 0 Å². The summed E-state index contributed by atoms with van der Waals surface area (Å²) in [6.07, 6.45) is 1.41. The van der Waals surface area contributed by atoms with Gasteiger partial charge in [0.15, 0.2) is 9.84 Å². The second-order valence-corrected chi connectivity index (χ2v) is 6.16. The van der Waals surface area contributed by atoms with Crippen LogP contribution in [-0.2, 0) is 15.6 Å². The highest BCUT2D eigenvalue weighted by Gasteiger charge is 2.19. The Labute approximate surface area is 100 Å². The van der Waals surface area contributed by atoms with E-state index in [1.807, 2.05) is 6.92 Å². The van der Waals surface area contributed by atoms with Crippen LogP contribution in [0.25, 0.3) is 0 Å². The summed E-state index contributed by atoms with van der Waals surface area (Å²) in [5.41, 5.74) is 0.443. The number of furan rings is 1. The normalized spacial score (nSPS) is 11.6. The molecule has 1 aromatic rings. The zero-order valence-corrected chi connectivity index (χ0v) is 10.7. The minimum atomic E-state index is -3.21. The van der Waals surface area contributed by atoms with Gasteiger partial charge >= 0.3 is 5.97 Å². The Morgan fingerprint density at radius 2 is 2.12 bits per heavy atom. The Hall–Kier alpha value is -1.30. The van der Waals surface area contributed by atoms with E-state index in [2.05, 4.69) is 0 Å². The largest absolute Gasteiger partial charge is 0.475 e. The molecule has 6 heteroatoms. The van der Waals surface area contributed by atoms with Crippen molar-refractivity contribution < 1.29 is 22.7 Å². The van der Waals surface area contributed by atoms with Gasteiger partial charge < -0.3 is 9.52 Å². The maximum Gasteiger partial charge on any atom is 0.372 e. The van der Waals surface area contributed by atoms with Crippen molar-refractivity contribution in [2.75, 3.05) is 5.75 Å².